The van der Waals surface area contributed by atoms with Crippen LogP contribution < -0.4 is 25.5 Å². The minimum absolute atomic E-state index is 0.110. The lowest BCUT2D eigenvalue weighted by molar-refractivity contribution is -0.139. The predicted molar refractivity (Wildman–Crippen MR) is 153 cm³/mol. The van der Waals surface area contributed by atoms with Crippen LogP contribution in [0.3, 0.4) is 0 Å². The molecule has 2 rings (SSSR count). The molecule has 0 radical (unpaired) electrons. The molecular weight excluding hydrogens is 624 g/mol. The molecule has 0 heterocycles. The van der Waals surface area contributed by atoms with Gasteiger partial charge in [-0.3, -0.25) is 14.4 Å². The summed E-state index contributed by atoms with van der Waals surface area (Å²) in [5.41, 5.74) is 4.40. The maximum atomic E-state index is 12.4. The Morgan fingerprint density at radius 3 is 2.50 bits per heavy atom. The van der Waals surface area contributed by atoms with Crippen molar-refractivity contribution in [1.82, 2.24) is 10.7 Å². The fourth-order valence-electron chi connectivity index (χ4n) is 3.01. The van der Waals surface area contributed by atoms with Gasteiger partial charge in [0.2, 0.25) is 0 Å². The zero-order valence-corrected chi connectivity index (χ0v) is 24.9. The first-order valence-electron chi connectivity index (χ1n) is 12.0. The number of hydrogen-bond donors (Lipinski definition) is 3. The maximum absolute atomic E-state index is 12.4. The molecule has 0 unspecified atom stereocenters. The molecule has 0 atom stereocenters. The molecule has 38 heavy (non-hydrogen) atoms. The van der Waals surface area contributed by atoms with E-state index in [0.29, 0.717) is 53.4 Å². The molecule has 3 N–H and O–H groups in total. The van der Waals surface area contributed by atoms with E-state index in [4.69, 9.17) is 14.2 Å². The number of ether oxygens (including phenoxy) is 3. The zero-order chi connectivity index (χ0) is 28.1. The van der Waals surface area contributed by atoms with Gasteiger partial charge in [-0.1, -0.05) is 15.9 Å². The first kappa shape index (κ1) is 31.3. The summed E-state index contributed by atoms with van der Waals surface area (Å²) in [5.74, 6) is -1.29. The first-order chi connectivity index (χ1) is 18.1. The van der Waals surface area contributed by atoms with E-state index in [1.54, 1.807) is 18.2 Å². The van der Waals surface area contributed by atoms with Crippen molar-refractivity contribution in [2.75, 3.05) is 31.7 Å². The van der Waals surface area contributed by atoms with E-state index in [0.717, 1.165) is 10.0 Å². The van der Waals surface area contributed by atoms with Crippen LogP contribution in [0.4, 0.5) is 5.69 Å². The van der Waals surface area contributed by atoms with Gasteiger partial charge < -0.3 is 24.8 Å². The van der Waals surface area contributed by atoms with Crippen molar-refractivity contribution in [1.29, 1.82) is 0 Å². The molecule has 0 fully saturated rings. The average Bonchev–Trinajstić information content (AvgIpc) is 2.85. The number of amides is 3. The number of nitrogens with one attached hydrogen (secondary N) is 3. The predicted octanol–water partition coefficient (Wildman–Crippen LogP) is 4.32. The van der Waals surface area contributed by atoms with Crippen LogP contribution in [0.25, 0.3) is 0 Å². The van der Waals surface area contributed by atoms with Crippen molar-refractivity contribution < 1.29 is 28.6 Å². The monoisotopic (exact) mass is 654 g/mol. The zero-order valence-electron chi connectivity index (χ0n) is 21.7. The van der Waals surface area contributed by atoms with E-state index in [9.17, 15) is 14.4 Å². The second-order valence-corrected chi connectivity index (χ2v) is 10.0. The quantitative estimate of drug-likeness (QED) is 0.128. The lowest BCUT2D eigenvalue weighted by Crippen LogP contribution is -2.38. The van der Waals surface area contributed by atoms with E-state index in [1.165, 1.54) is 6.21 Å². The summed E-state index contributed by atoms with van der Waals surface area (Å²) in [7, 11) is 0. The number of rotatable bonds is 13. The van der Waals surface area contributed by atoms with Crippen LogP contribution in [-0.2, 0) is 19.1 Å². The lowest BCUT2D eigenvalue weighted by atomic mass is 10.2. The Bertz CT molecular complexity index is 1160. The van der Waals surface area contributed by atoms with Crippen molar-refractivity contribution in [2.24, 2.45) is 5.10 Å². The Labute approximate surface area is 239 Å². The summed E-state index contributed by atoms with van der Waals surface area (Å²) in [6.07, 6.45) is 2.06. The van der Waals surface area contributed by atoms with E-state index in [-0.39, 0.29) is 18.6 Å². The number of aryl methyl sites for hydroxylation is 1. The molecule has 0 saturated heterocycles. The lowest BCUT2D eigenvalue weighted by Gasteiger charge is -2.15. The van der Waals surface area contributed by atoms with E-state index in [1.807, 2.05) is 39.8 Å². The second-order valence-electron chi connectivity index (χ2n) is 8.29. The third kappa shape index (κ3) is 10.8. The molecule has 0 aliphatic heterocycles. The SMILES string of the molecule is CCOc1cc(/C=N\NC(=O)C(=O)NCCCOC(C)C)cc(Br)c1OCC(=O)Nc1ccc(Br)c(C)c1. The van der Waals surface area contributed by atoms with Gasteiger partial charge in [0.15, 0.2) is 18.1 Å². The Morgan fingerprint density at radius 1 is 1.05 bits per heavy atom. The number of nitrogens with zero attached hydrogens (tertiary/aromatic N) is 1. The number of anilines is 1. The van der Waals surface area contributed by atoms with Crippen LogP contribution in [-0.4, -0.2) is 56.4 Å². The van der Waals surface area contributed by atoms with Gasteiger partial charge in [0.1, 0.15) is 0 Å². The molecule has 0 bridgehead atoms. The average molecular weight is 656 g/mol. The molecule has 2 aromatic carbocycles. The molecule has 206 valence electrons. The van der Waals surface area contributed by atoms with Crippen LogP contribution in [0.5, 0.6) is 11.5 Å². The van der Waals surface area contributed by atoms with Gasteiger partial charge in [-0.15, -0.1) is 0 Å². The Balaban J connectivity index is 1.94. The molecule has 0 aliphatic rings. The molecular formula is C26H32Br2N4O6. The van der Waals surface area contributed by atoms with Crippen molar-refractivity contribution in [3.8, 4) is 11.5 Å². The fourth-order valence-corrected chi connectivity index (χ4v) is 3.83. The molecule has 2 aromatic rings. The topological polar surface area (TPSA) is 127 Å². The van der Waals surface area contributed by atoms with Gasteiger partial charge in [0.05, 0.1) is 23.4 Å². The van der Waals surface area contributed by atoms with Gasteiger partial charge in [-0.25, -0.2) is 5.43 Å². The maximum Gasteiger partial charge on any atom is 0.329 e. The van der Waals surface area contributed by atoms with Gasteiger partial charge in [0, 0.05) is 23.3 Å². The minimum Gasteiger partial charge on any atom is -0.490 e. The molecule has 10 nitrogen and oxygen atoms in total. The summed E-state index contributed by atoms with van der Waals surface area (Å²) < 4.78 is 18.3. The summed E-state index contributed by atoms with van der Waals surface area (Å²) in [6, 6.07) is 8.82. The van der Waals surface area contributed by atoms with Crippen molar-refractivity contribution in [3.05, 3.63) is 50.4 Å². The smallest absolute Gasteiger partial charge is 0.329 e. The van der Waals surface area contributed by atoms with Gasteiger partial charge in [-0.05, 0) is 91.5 Å². The van der Waals surface area contributed by atoms with Crippen molar-refractivity contribution in [3.63, 3.8) is 0 Å². The van der Waals surface area contributed by atoms with Crippen LogP contribution in [0.15, 0.2) is 44.4 Å². The van der Waals surface area contributed by atoms with Gasteiger partial charge in [-0.2, -0.15) is 5.10 Å². The number of benzene rings is 2. The fraction of sp³-hybridized carbons (Fsp3) is 0.385. The Morgan fingerprint density at radius 2 is 1.82 bits per heavy atom. The van der Waals surface area contributed by atoms with Gasteiger partial charge >= 0.3 is 11.8 Å². The molecule has 0 spiro atoms. The molecule has 0 saturated carbocycles. The summed E-state index contributed by atoms with van der Waals surface area (Å²) in [6.45, 7) is 8.51. The third-order valence-corrected chi connectivity index (χ3v) is 6.24. The molecule has 0 aliphatic carbocycles. The van der Waals surface area contributed by atoms with E-state index in [2.05, 4.69) is 53.0 Å². The summed E-state index contributed by atoms with van der Waals surface area (Å²) in [5, 5.41) is 9.14. The molecule has 12 heteroatoms. The molecule has 3 amide bonds. The highest BCUT2D eigenvalue weighted by Gasteiger charge is 2.15. The number of hydrazone groups is 1. The van der Waals surface area contributed by atoms with Gasteiger partial charge in [0.25, 0.3) is 5.91 Å². The largest absolute Gasteiger partial charge is 0.490 e. The van der Waals surface area contributed by atoms with Crippen LogP contribution in [0.2, 0.25) is 0 Å². The van der Waals surface area contributed by atoms with E-state index < -0.39 is 11.8 Å². The van der Waals surface area contributed by atoms with Crippen LogP contribution in [0, 0.1) is 6.92 Å². The Kier molecular flexibility index (Phi) is 13.2. The van der Waals surface area contributed by atoms with Crippen LogP contribution >= 0.6 is 31.9 Å². The highest BCUT2D eigenvalue weighted by molar-refractivity contribution is 9.10. The number of halogens is 2. The minimum atomic E-state index is -0.887. The number of carbonyl (C=O) groups is 3. The third-order valence-electron chi connectivity index (χ3n) is 4.76. The van der Waals surface area contributed by atoms with Crippen LogP contribution in [0.1, 0.15) is 38.3 Å². The van der Waals surface area contributed by atoms with Crippen molar-refractivity contribution >= 4 is 61.5 Å². The molecule has 0 aromatic heterocycles. The number of hydrogen-bond acceptors (Lipinski definition) is 7. The Hall–Kier alpha value is -2.96. The number of carbonyl (C=O) groups excluding carboxylic acids is 3. The standard InChI is InChI=1S/C26H32Br2N4O6/c1-5-36-22-13-18(14-30-32-26(35)25(34)29-9-6-10-37-16(2)3)12-21(28)24(22)38-15-23(33)31-19-7-8-20(27)17(4)11-19/h7-8,11-14,16H,5-6,9-10,15H2,1-4H3,(H,29,34)(H,31,33)(H,32,35)/b30-14-. The highest BCUT2D eigenvalue weighted by Crippen LogP contribution is 2.36. The van der Waals surface area contributed by atoms with Crippen molar-refractivity contribution in [2.45, 2.75) is 40.2 Å². The van der Waals surface area contributed by atoms with E-state index >= 15 is 0 Å². The summed E-state index contributed by atoms with van der Waals surface area (Å²) >= 11 is 6.86. The highest BCUT2D eigenvalue weighted by atomic mass is 79.9. The first-order valence-corrected chi connectivity index (χ1v) is 13.6. The normalized spacial score (nSPS) is 10.9. The summed E-state index contributed by atoms with van der Waals surface area (Å²) in [4.78, 5) is 36.2. The second kappa shape index (κ2) is 16.1.